The Kier molecular flexibility index (Phi) is 10.1. The third kappa shape index (κ3) is 11.7. The van der Waals surface area contributed by atoms with Crippen molar-refractivity contribution in [2.24, 2.45) is 0 Å². The maximum atomic E-state index is 8.78. The number of aliphatic hydroxyl groups excluding tert-OH is 3. The molecular formula is C14H24O5. The second-order valence-electron chi connectivity index (χ2n) is 4.21. The van der Waals surface area contributed by atoms with Crippen LogP contribution in [0.25, 0.3) is 0 Å². The number of hydrogen-bond acceptors (Lipinski definition) is 5. The molecule has 0 bridgehead atoms. The van der Waals surface area contributed by atoms with Gasteiger partial charge in [0.25, 0.3) is 0 Å². The topological polar surface area (TPSA) is 79.2 Å². The van der Waals surface area contributed by atoms with E-state index in [4.69, 9.17) is 24.8 Å². The molecule has 3 atom stereocenters. The fourth-order valence-corrected chi connectivity index (χ4v) is 1.05. The summed E-state index contributed by atoms with van der Waals surface area (Å²) in [6.07, 6.45) is -1.35. The second-order valence-corrected chi connectivity index (χ2v) is 4.21. The van der Waals surface area contributed by atoms with E-state index in [1.54, 1.807) is 32.9 Å². The molecule has 0 aliphatic heterocycles. The van der Waals surface area contributed by atoms with E-state index in [1.807, 2.05) is 18.2 Å². The third-order valence-corrected chi connectivity index (χ3v) is 1.93. The zero-order valence-electron chi connectivity index (χ0n) is 11.7. The van der Waals surface area contributed by atoms with E-state index in [2.05, 4.69) is 0 Å². The Bertz CT molecular complexity index is 300. The summed E-state index contributed by atoms with van der Waals surface area (Å²) < 4.78 is 9.92. The first kappa shape index (κ1) is 17.9. The highest BCUT2D eigenvalue weighted by molar-refractivity contribution is 5.20. The second kappa shape index (κ2) is 10.8. The van der Waals surface area contributed by atoms with Gasteiger partial charge < -0.3 is 24.8 Å². The smallest absolute Gasteiger partial charge is 0.194 e. The van der Waals surface area contributed by atoms with Gasteiger partial charge in [0, 0.05) is 0 Å². The van der Waals surface area contributed by atoms with E-state index >= 15 is 0 Å². The molecule has 0 heterocycles. The SMILES string of the molecule is CC(O)COC(C)CO.CC(O)Oc1ccccc1. The summed E-state index contributed by atoms with van der Waals surface area (Å²) in [5.41, 5.74) is 0. The van der Waals surface area contributed by atoms with Gasteiger partial charge in [0.1, 0.15) is 5.75 Å². The Morgan fingerprint density at radius 3 is 2.05 bits per heavy atom. The van der Waals surface area contributed by atoms with Crippen LogP contribution in [0.5, 0.6) is 5.75 Å². The molecule has 0 aliphatic rings. The summed E-state index contributed by atoms with van der Waals surface area (Å²) in [4.78, 5) is 0. The molecule has 0 saturated heterocycles. The summed E-state index contributed by atoms with van der Waals surface area (Å²) in [5, 5.41) is 25.9. The van der Waals surface area contributed by atoms with Crippen molar-refractivity contribution in [1.82, 2.24) is 0 Å². The van der Waals surface area contributed by atoms with Crippen LogP contribution in [0.15, 0.2) is 30.3 Å². The van der Waals surface area contributed by atoms with Crippen LogP contribution < -0.4 is 4.74 Å². The van der Waals surface area contributed by atoms with Gasteiger partial charge in [0.15, 0.2) is 6.29 Å². The molecular weight excluding hydrogens is 248 g/mol. The quantitative estimate of drug-likeness (QED) is 0.677. The lowest BCUT2D eigenvalue weighted by Gasteiger charge is -2.10. The molecule has 1 aromatic rings. The van der Waals surface area contributed by atoms with E-state index in [9.17, 15) is 0 Å². The average molecular weight is 272 g/mol. The van der Waals surface area contributed by atoms with Gasteiger partial charge in [-0.1, -0.05) is 18.2 Å². The monoisotopic (exact) mass is 272 g/mol. The predicted molar refractivity (Wildman–Crippen MR) is 72.9 cm³/mol. The van der Waals surface area contributed by atoms with E-state index in [0.717, 1.165) is 0 Å². The lowest BCUT2D eigenvalue weighted by Crippen LogP contribution is -2.19. The van der Waals surface area contributed by atoms with E-state index < -0.39 is 12.4 Å². The van der Waals surface area contributed by atoms with Crippen molar-refractivity contribution in [3.8, 4) is 5.75 Å². The molecule has 0 saturated carbocycles. The number of benzene rings is 1. The Labute approximate surface area is 114 Å². The highest BCUT2D eigenvalue weighted by atomic mass is 16.6. The molecule has 0 aromatic heterocycles. The maximum absolute atomic E-state index is 8.78. The van der Waals surface area contributed by atoms with Gasteiger partial charge in [-0.15, -0.1) is 0 Å². The molecule has 5 nitrogen and oxygen atoms in total. The predicted octanol–water partition coefficient (Wildman–Crippen LogP) is 1.17. The zero-order chi connectivity index (χ0) is 14.7. The van der Waals surface area contributed by atoms with Crippen LogP contribution >= 0.6 is 0 Å². The van der Waals surface area contributed by atoms with E-state index in [1.165, 1.54) is 0 Å². The van der Waals surface area contributed by atoms with E-state index in [0.29, 0.717) is 12.4 Å². The molecule has 0 aliphatic carbocycles. The van der Waals surface area contributed by atoms with Crippen molar-refractivity contribution in [1.29, 1.82) is 0 Å². The van der Waals surface area contributed by atoms with Crippen LogP contribution in [-0.2, 0) is 4.74 Å². The first-order valence-corrected chi connectivity index (χ1v) is 6.26. The van der Waals surface area contributed by atoms with Crippen LogP contribution in [-0.4, -0.2) is 47.0 Å². The lowest BCUT2D eigenvalue weighted by molar-refractivity contribution is -0.0177. The molecule has 3 N–H and O–H groups in total. The molecule has 0 fully saturated rings. The van der Waals surface area contributed by atoms with Crippen molar-refractivity contribution in [3.05, 3.63) is 30.3 Å². The lowest BCUT2D eigenvalue weighted by atomic mass is 10.3. The van der Waals surface area contributed by atoms with Crippen molar-refractivity contribution in [3.63, 3.8) is 0 Å². The molecule has 19 heavy (non-hydrogen) atoms. The summed E-state index contributed by atoms with van der Waals surface area (Å²) >= 11 is 0. The highest BCUT2D eigenvalue weighted by Crippen LogP contribution is 2.09. The first-order chi connectivity index (χ1) is 8.95. The molecule has 3 unspecified atom stereocenters. The summed E-state index contributed by atoms with van der Waals surface area (Å²) in [6, 6.07) is 9.21. The summed E-state index contributed by atoms with van der Waals surface area (Å²) in [5.74, 6) is 0.692. The average Bonchev–Trinajstić information content (AvgIpc) is 2.37. The molecule has 110 valence electrons. The molecule has 0 amide bonds. The van der Waals surface area contributed by atoms with Gasteiger partial charge in [-0.3, -0.25) is 0 Å². The molecule has 0 spiro atoms. The Balaban J connectivity index is 0.000000344. The van der Waals surface area contributed by atoms with Crippen molar-refractivity contribution in [2.75, 3.05) is 13.2 Å². The van der Waals surface area contributed by atoms with Crippen LogP contribution in [0.4, 0.5) is 0 Å². The standard InChI is InChI=1S/C8H10O2.C6H14O3/c1-7(9)10-8-5-3-2-4-6-8;1-5(8)4-9-6(2)3-7/h2-7,9H,1H3;5-8H,3-4H2,1-2H3. The van der Waals surface area contributed by atoms with Gasteiger partial charge in [-0.05, 0) is 32.9 Å². The fraction of sp³-hybridized carbons (Fsp3) is 0.571. The highest BCUT2D eigenvalue weighted by Gasteiger charge is 2.00. The number of ether oxygens (including phenoxy) is 2. The van der Waals surface area contributed by atoms with Gasteiger partial charge in [0.2, 0.25) is 0 Å². The molecule has 1 rings (SSSR count). The van der Waals surface area contributed by atoms with Gasteiger partial charge in [0.05, 0.1) is 25.4 Å². The molecule has 5 heteroatoms. The van der Waals surface area contributed by atoms with Crippen molar-refractivity contribution in [2.45, 2.75) is 39.3 Å². The van der Waals surface area contributed by atoms with Crippen molar-refractivity contribution >= 4 is 0 Å². The summed E-state index contributed by atoms with van der Waals surface area (Å²) in [6.45, 7) is 5.27. The van der Waals surface area contributed by atoms with Crippen molar-refractivity contribution < 1.29 is 24.8 Å². The van der Waals surface area contributed by atoms with E-state index in [-0.39, 0.29) is 12.7 Å². The molecule has 0 radical (unpaired) electrons. The minimum atomic E-state index is -0.734. The Morgan fingerprint density at radius 2 is 1.63 bits per heavy atom. The number of para-hydroxylation sites is 1. The molecule has 1 aromatic carbocycles. The Hall–Kier alpha value is -1.14. The maximum Gasteiger partial charge on any atom is 0.194 e. The summed E-state index contributed by atoms with van der Waals surface area (Å²) in [7, 11) is 0. The normalized spacial score (nSPS) is 14.8. The third-order valence-electron chi connectivity index (χ3n) is 1.93. The number of rotatable bonds is 6. The van der Waals surface area contributed by atoms with Gasteiger partial charge in [-0.2, -0.15) is 0 Å². The zero-order valence-corrected chi connectivity index (χ0v) is 11.7. The largest absolute Gasteiger partial charge is 0.465 e. The minimum Gasteiger partial charge on any atom is -0.465 e. The fourth-order valence-electron chi connectivity index (χ4n) is 1.05. The van der Waals surface area contributed by atoms with Crippen LogP contribution in [0.3, 0.4) is 0 Å². The van der Waals surface area contributed by atoms with Gasteiger partial charge in [-0.25, -0.2) is 0 Å². The number of aliphatic hydroxyl groups is 3. The minimum absolute atomic E-state index is 0.00667. The first-order valence-electron chi connectivity index (χ1n) is 6.26. The van der Waals surface area contributed by atoms with Crippen LogP contribution in [0.1, 0.15) is 20.8 Å². The van der Waals surface area contributed by atoms with Gasteiger partial charge >= 0.3 is 0 Å². The Morgan fingerprint density at radius 1 is 1.05 bits per heavy atom. The number of hydrogen-bond donors (Lipinski definition) is 3. The van der Waals surface area contributed by atoms with Crippen LogP contribution in [0.2, 0.25) is 0 Å². The van der Waals surface area contributed by atoms with Crippen LogP contribution in [0, 0.1) is 0 Å².